The van der Waals surface area contributed by atoms with E-state index in [1.54, 1.807) is 12.3 Å². The summed E-state index contributed by atoms with van der Waals surface area (Å²) in [4.78, 5) is 8.36. The molecule has 0 amide bonds. The second kappa shape index (κ2) is 3.87. The van der Waals surface area contributed by atoms with Gasteiger partial charge in [0, 0.05) is 17.6 Å². The summed E-state index contributed by atoms with van der Waals surface area (Å²) in [5.41, 5.74) is 0.703. The lowest BCUT2D eigenvalue weighted by Crippen LogP contribution is -1.95. The number of rotatable bonds is 3. The van der Waals surface area contributed by atoms with Crippen LogP contribution in [0.4, 0.5) is 0 Å². The monoisotopic (exact) mass is 186 g/mol. The van der Waals surface area contributed by atoms with E-state index in [0.717, 1.165) is 5.39 Å². The fraction of sp³-hybridized carbons (Fsp3) is 0.0909. The Morgan fingerprint density at radius 1 is 1.36 bits per heavy atom. The molecule has 0 bridgehead atoms. The predicted octanol–water partition coefficient (Wildman–Crippen LogP) is 2.19. The van der Waals surface area contributed by atoms with E-state index in [2.05, 4.69) is 16.5 Å². The summed E-state index contributed by atoms with van der Waals surface area (Å²) in [6.45, 7) is 4.03. The van der Waals surface area contributed by atoms with Crippen molar-refractivity contribution in [3.8, 4) is 5.88 Å². The Kier molecular flexibility index (Phi) is 2.40. The van der Waals surface area contributed by atoms with E-state index >= 15 is 0 Å². The van der Waals surface area contributed by atoms with Crippen molar-refractivity contribution in [1.29, 1.82) is 0 Å². The van der Waals surface area contributed by atoms with Gasteiger partial charge in [0.2, 0.25) is 5.88 Å². The third-order valence-corrected chi connectivity index (χ3v) is 1.79. The van der Waals surface area contributed by atoms with E-state index in [4.69, 9.17) is 4.74 Å². The van der Waals surface area contributed by atoms with E-state index < -0.39 is 0 Å². The van der Waals surface area contributed by atoms with Gasteiger partial charge >= 0.3 is 0 Å². The Morgan fingerprint density at radius 3 is 3.14 bits per heavy atom. The molecule has 0 fully saturated rings. The lowest BCUT2D eigenvalue weighted by atomic mass is 10.3. The maximum absolute atomic E-state index is 5.29. The standard InChI is InChI=1S/C11H10N2O/c1-2-8-14-10-6-5-9-4-3-7-12-11(9)13-10/h2-7H,1,8H2. The van der Waals surface area contributed by atoms with Crippen molar-refractivity contribution >= 4 is 11.0 Å². The van der Waals surface area contributed by atoms with E-state index in [1.165, 1.54) is 0 Å². The van der Waals surface area contributed by atoms with Crippen molar-refractivity contribution in [3.05, 3.63) is 43.1 Å². The topological polar surface area (TPSA) is 35.0 Å². The molecule has 0 saturated carbocycles. The first-order chi connectivity index (χ1) is 6.90. The zero-order chi connectivity index (χ0) is 9.80. The van der Waals surface area contributed by atoms with Gasteiger partial charge in [-0.3, -0.25) is 0 Å². The van der Waals surface area contributed by atoms with Crippen LogP contribution in [-0.2, 0) is 0 Å². The highest BCUT2D eigenvalue weighted by Crippen LogP contribution is 2.13. The molecule has 3 heteroatoms. The molecule has 70 valence electrons. The smallest absolute Gasteiger partial charge is 0.215 e. The molecule has 0 radical (unpaired) electrons. The number of nitrogens with zero attached hydrogens (tertiary/aromatic N) is 2. The Labute approximate surface area is 82.1 Å². The number of ether oxygens (including phenoxy) is 1. The molecule has 0 spiro atoms. The van der Waals surface area contributed by atoms with Gasteiger partial charge in [0.15, 0.2) is 5.65 Å². The van der Waals surface area contributed by atoms with Crippen LogP contribution >= 0.6 is 0 Å². The van der Waals surface area contributed by atoms with Crippen LogP contribution in [0, 0.1) is 0 Å². The van der Waals surface area contributed by atoms with Crippen LogP contribution in [0.5, 0.6) is 5.88 Å². The van der Waals surface area contributed by atoms with Gasteiger partial charge in [-0.2, -0.15) is 4.98 Å². The van der Waals surface area contributed by atoms with Crippen molar-refractivity contribution in [2.75, 3.05) is 6.61 Å². The molecule has 2 aromatic rings. The van der Waals surface area contributed by atoms with Crippen molar-refractivity contribution in [1.82, 2.24) is 9.97 Å². The summed E-state index contributed by atoms with van der Waals surface area (Å²) in [7, 11) is 0. The van der Waals surface area contributed by atoms with Gasteiger partial charge in [0.1, 0.15) is 6.61 Å². The van der Waals surface area contributed by atoms with Crippen molar-refractivity contribution in [2.45, 2.75) is 0 Å². The van der Waals surface area contributed by atoms with Crippen molar-refractivity contribution in [3.63, 3.8) is 0 Å². The minimum absolute atomic E-state index is 0.464. The average Bonchev–Trinajstić information content (AvgIpc) is 2.26. The quantitative estimate of drug-likeness (QED) is 0.689. The average molecular weight is 186 g/mol. The summed E-state index contributed by atoms with van der Waals surface area (Å²) < 4.78 is 5.29. The molecule has 0 aliphatic rings. The third-order valence-electron chi connectivity index (χ3n) is 1.79. The largest absolute Gasteiger partial charge is 0.473 e. The summed E-state index contributed by atoms with van der Waals surface area (Å²) in [6.07, 6.45) is 3.40. The Morgan fingerprint density at radius 2 is 2.29 bits per heavy atom. The molecule has 0 unspecified atom stereocenters. The normalized spacial score (nSPS) is 10.0. The van der Waals surface area contributed by atoms with E-state index in [0.29, 0.717) is 18.1 Å². The number of aromatic nitrogens is 2. The maximum Gasteiger partial charge on any atom is 0.215 e. The van der Waals surface area contributed by atoms with Crippen LogP contribution in [0.25, 0.3) is 11.0 Å². The van der Waals surface area contributed by atoms with Gasteiger partial charge in [-0.05, 0) is 18.2 Å². The molecule has 2 rings (SSSR count). The third kappa shape index (κ3) is 1.71. The lowest BCUT2D eigenvalue weighted by Gasteiger charge is -2.02. The molecule has 0 aliphatic carbocycles. The number of pyridine rings is 2. The van der Waals surface area contributed by atoms with E-state index in [9.17, 15) is 0 Å². The Hall–Kier alpha value is -1.90. The summed E-state index contributed by atoms with van der Waals surface area (Å²) >= 11 is 0. The summed E-state index contributed by atoms with van der Waals surface area (Å²) in [5.74, 6) is 0.580. The van der Waals surface area contributed by atoms with Gasteiger partial charge in [0.05, 0.1) is 0 Å². The van der Waals surface area contributed by atoms with Crippen LogP contribution in [-0.4, -0.2) is 16.6 Å². The molecule has 2 heterocycles. The fourth-order valence-corrected chi connectivity index (χ4v) is 1.16. The van der Waals surface area contributed by atoms with E-state index in [-0.39, 0.29) is 0 Å². The Balaban J connectivity index is 2.36. The number of hydrogen-bond acceptors (Lipinski definition) is 3. The first kappa shape index (κ1) is 8.69. The molecule has 0 aliphatic heterocycles. The predicted molar refractivity (Wildman–Crippen MR) is 55.2 cm³/mol. The van der Waals surface area contributed by atoms with Gasteiger partial charge in [-0.15, -0.1) is 0 Å². The van der Waals surface area contributed by atoms with Crippen LogP contribution in [0.15, 0.2) is 43.1 Å². The highest BCUT2D eigenvalue weighted by molar-refractivity contribution is 5.74. The number of fused-ring (bicyclic) bond motifs is 1. The van der Waals surface area contributed by atoms with Crippen molar-refractivity contribution < 1.29 is 4.74 Å². The van der Waals surface area contributed by atoms with Gasteiger partial charge < -0.3 is 4.74 Å². The van der Waals surface area contributed by atoms with Gasteiger partial charge in [-0.1, -0.05) is 12.7 Å². The number of hydrogen-bond donors (Lipinski definition) is 0. The second-order valence-electron chi connectivity index (χ2n) is 2.80. The fourth-order valence-electron chi connectivity index (χ4n) is 1.16. The lowest BCUT2D eigenvalue weighted by molar-refractivity contribution is 0.350. The van der Waals surface area contributed by atoms with E-state index in [1.807, 2.05) is 24.3 Å². The summed E-state index contributed by atoms with van der Waals surface area (Å²) in [5, 5.41) is 1.01. The van der Waals surface area contributed by atoms with Gasteiger partial charge in [0.25, 0.3) is 0 Å². The zero-order valence-corrected chi connectivity index (χ0v) is 7.68. The molecule has 3 nitrogen and oxygen atoms in total. The highest BCUT2D eigenvalue weighted by atomic mass is 16.5. The SMILES string of the molecule is C=CCOc1ccc2cccnc2n1. The minimum atomic E-state index is 0.464. The molecular weight excluding hydrogens is 176 g/mol. The second-order valence-corrected chi connectivity index (χ2v) is 2.80. The van der Waals surface area contributed by atoms with Crippen molar-refractivity contribution in [2.24, 2.45) is 0 Å². The van der Waals surface area contributed by atoms with Gasteiger partial charge in [-0.25, -0.2) is 4.98 Å². The molecule has 0 N–H and O–H groups in total. The Bertz CT molecular complexity index is 454. The zero-order valence-electron chi connectivity index (χ0n) is 7.68. The van der Waals surface area contributed by atoms with Crippen LogP contribution in [0.1, 0.15) is 0 Å². The molecule has 2 aromatic heterocycles. The summed E-state index contributed by atoms with van der Waals surface area (Å²) in [6, 6.07) is 7.61. The molecule has 14 heavy (non-hydrogen) atoms. The molecular formula is C11H10N2O. The first-order valence-electron chi connectivity index (χ1n) is 4.35. The minimum Gasteiger partial charge on any atom is -0.473 e. The molecule has 0 saturated heterocycles. The first-order valence-corrected chi connectivity index (χ1v) is 4.35. The molecule has 0 aromatic carbocycles. The maximum atomic E-state index is 5.29. The van der Waals surface area contributed by atoms with Crippen LogP contribution < -0.4 is 4.74 Å². The van der Waals surface area contributed by atoms with Crippen LogP contribution in [0.2, 0.25) is 0 Å². The highest BCUT2D eigenvalue weighted by Gasteiger charge is 1.97. The molecule has 0 atom stereocenters. The van der Waals surface area contributed by atoms with Crippen LogP contribution in [0.3, 0.4) is 0 Å².